The molecule has 1 amide bonds. The summed E-state index contributed by atoms with van der Waals surface area (Å²) < 4.78 is 1.00. The highest BCUT2D eigenvalue weighted by molar-refractivity contribution is 7.17. The third kappa shape index (κ3) is 2.82. The fourth-order valence-corrected chi connectivity index (χ4v) is 2.83. The minimum absolute atomic E-state index is 0.103. The van der Waals surface area contributed by atoms with E-state index in [0.29, 0.717) is 5.56 Å². The summed E-state index contributed by atoms with van der Waals surface area (Å²) in [7, 11) is 0. The highest BCUT2D eigenvalue weighted by Gasteiger charge is 2.24. The first-order chi connectivity index (χ1) is 9.13. The average Bonchev–Trinajstić information content (AvgIpc) is 2.79. The Bertz CT molecular complexity index is 632. The Morgan fingerprint density at radius 1 is 1.42 bits per heavy atom. The summed E-state index contributed by atoms with van der Waals surface area (Å²) in [5.41, 5.74) is 0.616. The molecule has 0 radical (unpaired) electrons. The molecule has 1 aromatic heterocycles. The van der Waals surface area contributed by atoms with Crippen LogP contribution in [0.15, 0.2) is 42.3 Å². The molecular formula is C14H13NO3S. The number of aliphatic carboxylic acids is 1. The van der Waals surface area contributed by atoms with E-state index in [9.17, 15) is 14.7 Å². The number of hydrogen-bond acceptors (Lipinski definition) is 3. The predicted octanol–water partition coefficient (Wildman–Crippen LogP) is 2.72. The quantitative estimate of drug-likeness (QED) is 0.824. The van der Waals surface area contributed by atoms with Gasteiger partial charge in [-0.1, -0.05) is 24.3 Å². The molecule has 1 unspecified atom stereocenters. The van der Waals surface area contributed by atoms with Gasteiger partial charge >= 0.3 is 5.97 Å². The van der Waals surface area contributed by atoms with Crippen molar-refractivity contribution in [3.63, 3.8) is 0 Å². The van der Waals surface area contributed by atoms with Crippen molar-refractivity contribution in [3.05, 3.63) is 47.9 Å². The fraction of sp³-hybridized carbons (Fsp3) is 0.143. The Balaban J connectivity index is 2.36. The highest BCUT2D eigenvalue weighted by Crippen LogP contribution is 2.30. The van der Waals surface area contributed by atoms with Crippen LogP contribution in [0.4, 0.5) is 0 Å². The maximum absolute atomic E-state index is 11.5. The predicted molar refractivity (Wildman–Crippen MR) is 75.2 cm³/mol. The maximum Gasteiger partial charge on any atom is 0.330 e. The summed E-state index contributed by atoms with van der Waals surface area (Å²) in [4.78, 5) is 22.9. The molecule has 0 aliphatic rings. The van der Waals surface area contributed by atoms with Crippen LogP contribution in [-0.4, -0.2) is 17.0 Å². The van der Waals surface area contributed by atoms with Crippen LogP contribution in [0.25, 0.3) is 10.1 Å². The lowest BCUT2D eigenvalue weighted by molar-refractivity contribution is -0.141. The lowest BCUT2D eigenvalue weighted by atomic mass is 10.1. The summed E-state index contributed by atoms with van der Waals surface area (Å²) in [6.07, 6.45) is 1.55. The maximum atomic E-state index is 11.5. The Kier molecular flexibility index (Phi) is 3.97. The van der Waals surface area contributed by atoms with Gasteiger partial charge in [0, 0.05) is 16.7 Å². The molecule has 0 saturated carbocycles. The summed E-state index contributed by atoms with van der Waals surface area (Å²) in [6, 6.07) is 6.51. The average molecular weight is 275 g/mol. The van der Waals surface area contributed by atoms with E-state index >= 15 is 0 Å². The summed E-state index contributed by atoms with van der Waals surface area (Å²) >= 11 is 1.47. The molecule has 19 heavy (non-hydrogen) atoms. The number of amides is 1. The molecule has 1 aromatic carbocycles. The normalized spacial score (nSPS) is 12.0. The zero-order valence-corrected chi connectivity index (χ0v) is 10.9. The molecule has 1 heterocycles. The van der Waals surface area contributed by atoms with Gasteiger partial charge in [0.1, 0.15) is 0 Å². The van der Waals surface area contributed by atoms with Crippen LogP contribution in [0.5, 0.6) is 0 Å². The van der Waals surface area contributed by atoms with Crippen molar-refractivity contribution in [1.29, 1.82) is 0 Å². The Morgan fingerprint density at radius 3 is 2.84 bits per heavy atom. The van der Waals surface area contributed by atoms with Gasteiger partial charge < -0.3 is 10.4 Å². The van der Waals surface area contributed by atoms with Crippen molar-refractivity contribution in [2.45, 2.75) is 12.5 Å². The van der Waals surface area contributed by atoms with Crippen molar-refractivity contribution < 1.29 is 14.7 Å². The number of carbonyl (C=O) groups is 2. The van der Waals surface area contributed by atoms with E-state index in [4.69, 9.17) is 0 Å². The number of hydrogen-bond donors (Lipinski definition) is 2. The topological polar surface area (TPSA) is 66.4 Å². The zero-order chi connectivity index (χ0) is 13.8. The van der Waals surface area contributed by atoms with Gasteiger partial charge in [-0.25, -0.2) is 4.79 Å². The summed E-state index contributed by atoms with van der Waals surface area (Å²) in [5.74, 6) is -1.42. The molecule has 0 bridgehead atoms. The Morgan fingerprint density at radius 2 is 2.16 bits per heavy atom. The van der Waals surface area contributed by atoms with E-state index in [1.54, 1.807) is 5.38 Å². The smallest absolute Gasteiger partial charge is 0.330 e. The van der Waals surface area contributed by atoms with E-state index < -0.39 is 12.0 Å². The van der Waals surface area contributed by atoms with E-state index in [0.717, 1.165) is 10.1 Å². The molecule has 2 rings (SSSR count). The minimum Gasteiger partial charge on any atom is -0.479 e. The number of benzene rings is 1. The number of thiophene rings is 1. The van der Waals surface area contributed by atoms with E-state index in [1.807, 2.05) is 24.3 Å². The van der Waals surface area contributed by atoms with Gasteiger partial charge in [-0.05, 0) is 16.8 Å². The van der Waals surface area contributed by atoms with Gasteiger partial charge in [-0.2, -0.15) is 0 Å². The first-order valence-corrected chi connectivity index (χ1v) is 6.60. The molecule has 0 spiro atoms. The highest BCUT2D eigenvalue weighted by atomic mass is 32.1. The van der Waals surface area contributed by atoms with Crippen LogP contribution in [0, 0.1) is 0 Å². The Hall–Kier alpha value is -2.14. The minimum atomic E-state index is -1.07. The monoisotopic (exact) mass is 275 g/mol. The van der Waals surface area contributed by atoms with Crippen LogP contribution >= 0.6 is 11.3 Å². The number of rotatable bonds is 5. The molecule has 0 saturated heterocycles. The zero-order valence-electron chi connectivity index (χ0n) is 10.1. The molecule has 0 fully saturated rings. The van der Waals surface area contributed by atoms with E-state index in [1.165, 1.54) is 17.4 Å². The first-order valence-electron chi connectivity index (χ1n) is 5.72. The van der Waals surface area contributed by atoms with Crippen LogP contribution < -0.4 is 5.32 Å². The van der Waals surface area contributed by atoms with Crippen molar-refractivity contribution in [1.82, 2.24) is 5.32 Å². The number of fused-ring (bicyclic) bond motifs is 1. The van der Waals surface area contributed by atoms with Crippen molar-refractivity contribution >= 4 is 33.3 Å². The Labute approximate surface area is 114 Å². The van der Waals surface area contributed by atoms with Crippen molar-refractivity contribution in [2.75, 3.05) is 0 Å². The van der Waals surface area contributed by atoms with Gasteiger partial charge in [0.05, 0.1) is 0 Å². The first kappa shape index (κ1) is 13.3. The number of carboxylic acids is 1. The third-order valence-corrected chi connectivity index (χ3v) is 3.69. The van der Waals surface area contributed by atoms with Crippen LogP contribution in [0.1, 0.15) is 18.0 Å². The van der Waals surface area contributed by atoms with Crippen LogP contribution in [0.3, 0.4) is 0 Å². The lowest BCUT2D eigenvalue weighted by Crippen LogP contribution is -2.33. The van der Waals surface area contributed by atoms with Gasteiger partial charge in [-0.15, -0.1) is 17.9 Å². The van der Waals surface area contributed by atoms with Crippen LogP contribution in [0.2, 0.25) is 0 Å². The van der Waals surface area contributed by atoms with E-state index in [-0.39, 0.29) is 12.3 Å². The van der Waals surface area contributed by atoms with Crippen molar-refractivity contribution in [3.8, 4) is 0 Å². The molecule has 2 aromatic rings. The molecule has 4 nitrogen and oxygen atoms in total. The van der Waals surface area contributed by atoms with Gasteiger partial charge in [0.15, 0.2) is 6.04 Å². The number of nitrogens with one attached hydrogen (secondary N) is 1. The van der Waals surface area contributed by atoms with Crippen molar-refractivity contribution in [2.24, 2.45) is 0 Å². The second kappa shape index (κ2) is 5.67. The van der Waals surface area contributed by atoms with Crippen LogP contribution in [-0.2, 0) is 9.59 Å². The van der Waals surface area contributed by atoms with Gasteiger partial charge in [0.25, 0.3) is 0 Å². The third-order valence-electron chi connectivity index (χ3n) is 2.70. The standard InChI is InChI=1S/C14H13NO3S/c1-2-5-12(16)15-13(14(17)18)10-8-19-11-7-4-3-6-9(10)11/h2-4,6-8,13H,1,5H2,(H,15,16)(H,17,18). The molecule has 0 aliphatic carbocycles. The molecule has 2 N–H and O–H groups in total. The molecule has 1 atom stereocenters. The fourth-order valence-electron chi connectivity index (χ4n) is 1.85. The van der Waals surface area contributed by atoms with Gasteiger partial charge in [0.2, 0.25) is 5.91 Å². The van der Waals surface area contributed by atoms with E-state index in [2.05, 4.69) is 11.9 Å². The lowest BCUT2D eigenvalue weighted by Gasteiger charge is -2.13. The largest absolute Gasteiger partial charge is 0.479 e. The second-order valence-electron chi connectivity index (χ2n) is 4.02. The SMILES string of the molecule is C=CCC(=O)NC(C(=O)O)c1csc2ccccc12. The number of carbonyl (C=O) groups excluding carboxylic acids is 1. The summed E-state index contributed by atoms with van der Waals surface area (Å²) in [6.45, 7) is 3.46. The molecule has 0 aliphatic heterocycles. The second-order valence-corrected chi connectivity index (χ2v) is 4.93. The molecule has 5 heteroatoms. The summed E-state index contributed by atoms with van der Waals surface area (Å²) in [5, 5.41) is 14.4. The number of carboxylic acid groups (broad SMARTS) is 1. The molecule has 98 valence electrons. The van der Waals surface area contributed by atoms with Gasteiger partial charge in [-0.3, -0.25) is 4.79 Å². The molecular weight excluding hydrogens is 262 g/mol.